The fourth-order valence-corrected chi connectivity index (χ4v) is 2.30. The van der Waals surface area contributed by atoms with Crippen LogP contribution >= 0.6 is 11.3 Å². The van der Waals surface area contributed by atoms with Crippen molar-refractivity contribution in [3.8, 4) is 0 Å². The number of hydrogen-bond donors (Lipinski definition) is 1. The molecule has 102 valence electrons. The van der Waals surface area contributed by atoms with E-state index in [1.54, 1.807) is 5.51 Å². The highest BCUT2D eigenvalue weighted by molar-refractivity contribution is 7.13. The van der Waals surface area contributed by atoms with Gasteiger partial charge in [-0.1, -0.05) is 25.2 Å². The van der Waals surface area contributed by atoms with Gasteiger partial charge in [-0.2, -0.15) is 0 Å². The zero-order valence-electron chi connectivity index (χ0n) is 11.2. The Balaban J connectivity index is 2.17. The van der Waals surface area contributed by atoms with Gasteiger partial charge >= 0.3 is 0 Å². The van der Waals surface area contributed by atoms with Crippen LogP contribution < -0.4 is 5.32 Å². The van der Waals surface area contributed by atoms with Gasteiger partial charge in [-0.15, -0.1) is 10.2 Å². The van der Waals surface area contributed by atoms with E-state index in [0.717, 1.165) is 38.9 Å². The predicted molar refractivity (Wildman–Crippen MR) is 74.8 cm³/mol. The molecular formula is C12H22N4OS. The van der Waals surface area contributed by atoms with Crippen LogP contribution in [0.15, 0.2) is 5.51 Å². The Bertz CT molecular complexity index is 323. The quantitative estimate of drug-likeness (QED) is 0.748. The maximum atomic E-state index is 11.6. The maximum Gasteiger partial charge on any atom is 0.226 e. The van der Waals surface area contributed by atoms with E-state index in [1.807, 2.05) is 0 Å². The van der Waals surface area contributed by atoms with Crippen LogP contribution in [0, 0.1) is 0 Å². The molecule has 0 unspecified atom stereocenters. The Hall–Kier alpha value is -1.01. The van der Waals surface area contributed by atoms with Crippen molar-refractivity contribution in [3.63, 3.8) is 0 Å². The maximum absolute atomic E-state index is 11.6. The second-order valence-electron chi connectivity index (χ2n) is 4.24. The molecule has 1 heterocycles. The van der Waals surface area contributed by atoms with E-state index < -0.39 is 0 Å². The second-order valence-corrected chi connectivity index (χ2v) is 5.07. The van der Waals surface area contributed by atoms with Crippen LogP contribution in [0.4, 0.5) is 5.13 Å². The summed E-state index contributed by atoms with van der Waals surface area (Å²) in [7, 11) is 0. The minimum Gasteiger partial charge on any atom is -0.303 e. The molecule has 1 aromatic rings. The first-order chi connectivity index (χ1) is 8.76. The third-order valence-corrected chi connectivity index (χ3v) is 3.17. The van der Waals surface area contributed by atoms with E-state index in [0.29, 0.717) is 11.6 Å². The van der Waals surface area contributed by atoms with Crippen LogP contribution in [0.25, 0.3) is 0 Å². The minimum absolute atomic E-state index is 0.0275. The molecule has 1 aromatic heterocycles. The largest absolute Gasteiger partial charge is 0.303 e. The fraction of sp³-hybridized carbons (Fsp3) is 0.750. The summed E-state index contributed by atoms with van der Waals surface area (Å²) in [5.74, 6) is 0.0275. The van der Waals surface area contributed by atoms with Crippen molar-refractivity contribution >= 4 is 22.4 Å². The van der Waals surface area contributed by atoms with Gasteiger partial charge in [0.2, 0.25) is 11.0 Å². The molecule has 1 amide bonds. The lowest BCUT2D eigenvalue weighted by atomic mass is 10.2. The number of nitrogens with one attached hydrogen (secondary N) is 1. The van der Waals surface area contributed by atoms with Crippen LogP contribution in [0.5, 0.6) is 0 Å². The summed E-state index contributed by atoms with van der Waals surface area (Å²) in [5.41, 5.74) is 1.61. The smallest absolute Gasteiger partial charge is 0.226 e. The van der Waals surface area contributed by atoms with E-state index in [4.69, 9.17) is 0 Å². The van der Waals surface area contributed by atoms with Crippen LogP contribution in [0.3, 0.4) is 0 Å². The molecule has 0 bridgehead atoms. The van der Waals surface area contributed by atoms with Crippen molar-refractivity contribution in [1.29, 1.82) is 0 Å². The number of amides is 1. The molecule has 0 aromatic carbocycles. The molecule has 0 saturated carbocycles. The summed E-state index contributed by atoms with van der Waals surface area (Å²) >= 11 is 1.34. The zero-order valence-corrected chi connectivity index (χ0v) is 12.0. The van der Waals surface area contributed by atoms with Gasteiger partial charge in [-0.05, 0) is 38.9 Å². The summed E-state index contributed by atoms with van der Waals surface area (Å²) in [6, 6.07) is 0. The highest BCUT2D eigenvalue weighted by atomic mass is 32.1. The molecule has 1 N–H and O–H groups in total. The number of nitrogens with zero attached hydrogens (tertiary/aromatic N) is 3. The summed E-state index contributed by atoms with van der Waals surface area (Å²) in [5, 5.41) is 10.8. The van der Waals surface area contributed by atoms with Gasteiger partial charge in [0.05, 0.1) is 0 Å². The first kappa shape index (κ1) is 15.0. The molecule has 6 heteroatoms. The summed E-state index contributed by atoms with van der Waals surface area (Å²) in [6.07, 6.45) is 3.77. The third kappa shape index (κ3) is 6.07. The molecule has 0 atom stereocenters. The second kappa shape index (κ2) is 8.99. The topological polar surface area (TPSA) is 58.1 Å². The molecule has 0 aliphatic rings. The standard InChI is InChI=1S/C12H22N4OS/c1-3-7-16(8-4-2)9-5-6-11(17)14-12-15-13-10-18-12/h10H,3-9H2,1-2H3,(H,14,15,17). The van der Waals surface area contributed by atoms with Crippen molar-refractivity contribution in [3.05, 3.63) is 5.51 Å². The van der Waals surface area contributed by atoms with Gasteiger partial charge in [-0.25, -0.2) is 0 Å². The summed E-state index contributed by atoms with van der Waals surface area (Å²) in [4.78, 5) is 14.0. The fourth-order valence-electron chi connectivity index (χ4n) is 1.84. The summed E-state index contributed by atoms with van der Waals surface area (Å²) in [6.45, 7) is 7.60. The van der Waals surface area contributed by atoms with E-state index in [-0.39, 0.29) is 5.91 Å². The monoisotopic (exact) mass is 270 g/mol. The number of carbonyl (C=O) groups excluding carboxylic acids is 1. The average molecular weight is 270 g/mol. The van der Waals surface area contributed by atoms with Crippen LogP contribution in [-0.2, 0) is 4.79 Å². The van der Waals surface area contributed by atoms with Crippen LogP contribution in [-0.4, -0.2) is 40.6 Å². The van der Waals surface area contributed by atoms with E-state index in [2.05, 4.69) is 34.3 Å². The summed E-state index contributed by atoms with van der Waals surface area (Å²) < 4.78 is 0. The van der Waals surface area contributed by atoms with Gasteiger partial charge in [0, 0.05) is 6.42 Å². The normalized spacial score (nSPS) is 10.8. The van der Waals surface area contributed by atoms with Crippen molar-refractivity contribution in [2.75, 3.05) is 25.0 Å². The number of aromatic nitrogens is 2. The highest BCUT2D eigenvalue weighted by Gasteiger charge is 2.07. The molecule has 1 rings (SSSR count). The molecule has 0 fully saturated rings. The van der Waals surface area contributed by atoms with E-state index in [1.165, 1.54) is 11.3 Å². The van der Waals surface area contributed by atoms with Gasteiger partial charge in [0.15, 0.2) is 0 Å². The average Bonchev–Trinajstić information content (AvgIpc) is 2.82. The van der Waals surface area contributed by atoms with Crippen molar-refractivity contribution in [2.24, 2.45) is 0 Å². The van der Waals surface area contributed by atoms with Crippen LogP contribution in [0.2, 0.25) is 0 Å². The highest BCUT2D eigenvalue weighted by Crippen LogP contribution is 2.08. The molecule has 18 heavy (non-hydrogen) atoms. The lowest BCUT2D eigenvalue weighted by Gasteiger charge is -2.20. The van der Waals surface area contributed by atoms with Gasteiger partial charge < -0.3 is 10.2 Å². The lowest BCUT2D eigenvalue weighted by molar-refractivity contribution is -0.116. The first-order valence-corrected chi connectivity index (χ1v) is 7.42. The molecule has 0 saturated heterocycles. The number of anilines is 1. The van der Waals surface area contributed by atoms with Gasteiger partial charge in [0.1, 0.15) is 5.51 Å². The molecule has 0 spiro atoms. The van der Waals surface area contributed by atoms with Gasteiger partial charge in [0.25, 0.3) is 0 Å². The third-order valence-electron chi connectivity index (χ3n) is 2.56. The van der Waals surface area contributed by atoms with Crippen molar-refractivity contribution in [1.82, 2.24) is 15.1 Å². The van der Waals surface area contributed by atoms with E-state index in [9.17, 15) is 4.79 Å². The Morgan fingerprint density at radius 1 is 1.33 bits per heavy atom. The molecule has 0 radical (unpaired) electrons. The van der Waals surface area contributed by atoms with Gasteiger partial charge in [-0.3, -0.25) is 4.79 Å². The number of hydrogen-bond acceptors (Lipinski definition) is 5. The molecular weight excluding hydrogens is 248 g/mol. The molecule has 0 aliphatic carbocycles. The Morgan fingerprint density at radius 2 is 2.06 bits per heavy atom. The van der Waals surface area contributed by atoms with Crippen molar-refractivity contribution < 1.29 is 4.79 Å². The molecule has 0 aliphatic heterocycles. The Labute approximate surface area is 113 Å². The molecule has 5 nitrogen and oxygen atoms in total. The van der Waals surface area contributed by atoms with Crippen molar-refractivity contribution in [2.45, 2.75) is 39.5 Å². The van der Waals surface area contributed by atoms with E-state index >= 15 is 0 Å². The number of carbonyl (C=O) groups is 1. The lowest BCUT2D eigenvalue weighted by Crippen LogP contribution is -2.27. The Kier molecular flexibility index (Phi) is 7.52. The first-order valence-electron chi connectivity index (χ1n) is 6.54. The Morgan fingerprint density at radius 3 is 2.61 bits per heavy atom. The predicted octanol–water partition coefficient (Wildman–Crippen LogP) is 2.38. The number of rotatable bonds is 9. The minimum atomic E-state index is 0.0275. The SMILES string of the molecule is CCCN(CCC)CCCC(=O)Nc1nncs1. The zero-order chi connectivity index (χ0) is 13.2. The van der Waals surface area contributed by atoms with Crippen LogP contribution in [0.1, 0.15) is 39.5 Å².